The smallest absolute Gasteiger partial charge is 0.249 e. The van der Waals surface area contributed by atoms with Gasteiger partial charge in [-0.2, -0.15) is 5.10 Å². The van der Waals surface area contributed by atoms with Crippen molar-refractivity contribution in [2.75, 3.05) is 0 Å². The largest absolute Gasteiger partial charge is 0.388 e. The molecule has 0 radical (unpaired) electrons. The molecular formula is C13H11ClF4N2O. The number of aliphatic hydroxyl groups excluding tert-OH is 1. The number of aromatic amines is 1. The number of halogens is 5. The van der Waals surface area contributed by atoms with Crippen molar-refractivity contribution in [3.05, 3.63) is 28.4 Å². The summed E-state index contributed by atoms with van der Waals surface area (Å²) in [6.45, 7) is 1.42. The number of aromatic nitrogens is 2. The minimum absolute atomic E-state index is 0.0710. The Balaban J connectivity index is 2.15. The molecule has 0 bridgehead atoms. The normalized spacial score (nSPS) is 21.3. The Hall–Kier alpha value is -1.34. The van der Waals surface area contributed by atoms with Gasteiger partial charge in [0.2, 0.25) is 5.92 Å². The van der Waals surface area contributed by atoms with Crippen LogP contribution in [0.5, 0.6) is 0 Å². The van der Waals surface area contributed by atoms with E-state index in [0.29, 0.717) is 0 Å². The summed E-state index contributed by atoms with van der Waals surface area (Å²) in [7, 11) is 0. The van der Waals surface area contributed by atoms with Gasteiger partial charge in [-0.15, -0.1) is 0 Å². The van der Waals surface area contributed by atoms with Gasteiger partial charge in [0.05, 0.1) is 23.2 Å². The van der Waals surface area contributed by atoms with Crippen LogP contribution in [0.4, 0.5) is 17.6 Å². The maximum Gasteiger partial charge on any atom is 0.249 e. The second kappa shape index (κ2) is 4.33. The van der Waals surface area contributed by atoms with Crippen LogP contribution in [0, 0.1) is 17.0 Å². The van der Waals surface area contributed by atoms with Gasteiger partial charge >= 0.3 is 0 Å². The second-order valence-electron chi connectivity index (χ2n) is 5.78. The van der Waals surface area contributed by atoms with Crippen LogP contribution in [-0.2, 0) is 0 Å². The summed E-state index contributed by atoms with van der Waals surface area (Å²) in [5.41, 5.74) is -1.60. The standard InChI is InChI=1S/C13H11ClF4N2O/c1-12(3-13(17,18)4-12)11(21)6-9(16)7(14)8(15)5-2-19-20-10(5)6/h2,11,21H,3-4H2,1H3,(H,19,20). The lowest BCUT2D eigenvalue weighted by Crippen LogP contribution is -2.47. The van der Waals surface area contributed by atoms with Crippen molar-refractivity contribution in [2.24, 2.45) is 5.41 Å². The molecule has 3 rings (SSSR count). The number of aliphatic hydroxyl groups is 1. The Morgan fingerprint density at radius 3 is 2.52 bits per heavy atom. The maximum absolute atomic E-state index is 14.2. The van der Waals surface area contributed by atoms with Crippen molar-refractivity contribution in [3.8, 4) is 0 Å². The molecule has 1 aliphatic carbocycles. The zero-order valence-corrected chi connectivity index (χ0v) is 11.6. The number of hydrogen-bond acceptors (Lipinski definition) is 2. The number of benzene rings is 1. The fraction of sp³-hybridized carbons (Fsp3) is 0.462. The van der Waals surface area contributed by atoms with Crippen molar-refractivity contribution in [1.82, 2.24) is 10.2 Å². The number of hydrogen-bond donors (Lipinski definition) is 2. The first kappa shape index (κ1) is 14.6. The molecule has 1 atom stereocenters. The Kier molecular flexibility index (Phi) is 3.01. The van der Waals surface area contributed by atoms with Crippen molar-refractivity contribution in [2.45, 2.75) is 31.8 Å². The molecule has 1 saturated carbocycles. The van der Waals surface area contributed by atoms with Gasteiger partial charge in [-0.3, -0.25) is 5.10 Å². The highest BCUT2D eigenvalue weighted by Crippen LogP contribution is 2.58. The van der Waals surface area contributed by atoms with E-state index in [2.05, 4.69) is 10.2 Å². The summed E-state index contributed by atoms with van der Waals surface area (Å²) in [5, 5.41) is 15.4. The molecule has 1 aromatic carbocycles. The van der Waals surface area contributed by atoms with E-state index in [1.165, 1.54) is 6.92 Å². The molecule has 1 unspecified atom stereocenters. The highest BCUT2D eigenvalue weighted by atomic mass is 35.5. The first-order valence-electron chi connectivity index (χ1n) is 6.22. The number of fused-ring (bicyclic) bond motifs is 1. The molecule has 0 spiro atoms. The van der Waals surface area contributed by atoms with Crippen LogP contribution in [0.1, 0.15) is 31.4 Å². The molecule has 0 saturated heterocycles. The third kappa shape index (κ3) is 2.02. The van der Waals surface area contributed by atoms with Gasteiger partial charge in [-0.1, -0.05) is 18.5 Å². The Labute approximate surface area is 121 Å². The van der Waals surface area contributed by atoms with Gasteiger partial charge < -0.3 is 5.11 Å². The number of nitrogens with one attached hydrogen (secondary N) is 1. The van der Waals surface area contributed by atoms with Gasteiger partial charge in [-0.05, 0) is 0 Å². The molecule has 114 valence electrons. The maximum atomic E-state index is 14.2. The van der Waals surface area contributed by atoms with Gasteiger partial charge in [-0.25, -0.2) is 17.6 Å². The van der Waals surface area contributed by atoms with Crippen LogP contribution >= 0.6 is 11.6 Å². The predicted molar refractivity (Wildman–Crippen MR) is 68.3 cm³/mol. The summed E-state index contributed by atoms with van der Waals surface area (Å²) in [6, 6.07) is 0. The van der Waals surface area contributed by atoms with E-state index in [0.717, 1.165) is 6.20 Å². The van der Waals surface area contributed by atoms with Crippen LogP contribution in [-0.4, -0.2) is 21.2 Å². The molecule has 0 aliphatic heterocycles. The lowest BCUT2D eigenvalue weighted by Gasteiger charge is -2.47. The highest BCUT2D eigenvalue weighted by molar-refractivity contribution is 6.31. The van der Waals surface area contributed by atoms with Crippen LogP contribution in [0.2, 0.25) is 5.02 Å². The average Bonchev–Trinajstić information content (AvgIpc) is 2.82. The Morgan fingerprint density at radius 1 is 1.33 bits per heavy atom. The van der Waals surface area contributed by atoms with Crippen molar-refractivity contribution in [1.29, 1.82) is 0 Å². The molecule has 2 N–H and O–H groups in total. The number of rotatable bonds is 2. The van der Waals surface area contributed by atoms with E-state index in [1.54, 1.807) is 0 Å². The van der Waals surface area contributed by atoms with Gasteiger partial charge in [0.1, 0.15) is 5.02 Å². The fourth-order valence-corrected chi connectivity index (χ4v) is 3.23. The zero-order valence-electron chi connectivity index (χ0n) is 10.9. The van der Waals surface area contributed by atoms with Crippen LogP contribution in [0.15, 0.2) is 6.20 Å². The van der Waals surface area contributed by atoms with Gasteiger partial charge in [0.15, 0.2) is 11.6 Å². The molecule has 1 fully saturated rings. The van der Waals surface area contributed by atoms with E-state index >= 15 is 0 Å². The highest BCUT2D eigenvalue weighted by Gasteiger charge is 2.58. The van der Waals surface area contributed by atoms with Crippen molar-refractivity contribution in [3.63, 3.8) is 0 Å². The van der Waals surface area contributed by atoms with Crippen LogP contribution in [0.25, 0.3) is 10.9 Å². The quantitative estimate of drug-likeness (QED) is 0.649. The lowest BCUT2D eigenvalue weighted by atomic mass is 9.62. The molecule has 1 heterocycles. The Morgan fingerprint density at radius 2 is 1.95 bits per heavy atom. The number of nitrogens with zero attached hydrogens (tertiary/aromatic N) is 1. The summed E-state index contributed by atoms with van der Waals surface area (Å²) in [4.78, 5) is 0. The fourth-order valence-electron chi connectivity index (χ4n) is 3.03. The van der Waals surface area contributed by atoms with E-state index < -0.39 is 46.9 Å². The van der Waals surface area contributed by atoms with Crippen LogP contribution < -0.4 is 0 Å². The predicted octanol–water partition coefficient (Wildman–Crippen LogP) is 3.96. The van der Waals surface area contributed by atoms with E-state index in [9.17, 15) is 22.7 Å². The minimum atomic E-state index is -2.89. The first-order chi connectivity index (χ1) is 9.66. The van der Waals surface area contributed by atoms with Gasteiger partial charge in [0, 0.05) is 23.8 Å². The number of H-pyrrole nitrogens is 1. The summed E-state index contributed by atoms with van der Waals surface area (Å²) < 4.78 is 54.2. The second-order valence-corrected chi connectivity index (χ2v) is 6.16. The number of alkyl halides is 2. The average molecular weight is 323 g/mol. The van der Waals surface area contributed by atoms with Gasteiger partial charge in [0.25, 0.3) is 0 Å². The van der Waals surface area contributed by atoms with E-state index in [4.69, 9.17) is 11.6 Å². The van der Waals surface area contributed by atoms with Crippen molar-refractivity contribution >= 4 is 22.5 Å². The molecule has 8 heteroatoms. The lowest BCUT2D eigenvalue weighted by molar-refractivity contribution is -0.194. The van der Waals surface area contributed by atoms with Crippen molar-refractivity contribution < 1.29 is 22.7 Å². The topological polar surface area (TPSA) is 48.9 Å². The first-order valence-corrected chi connectivity index (χ1v) is 6.59. The molecule has 3 nitrogen and oxygen atoms in total. The summed E-state index contributed by atoms with van der Waals surface area (Å²) in [6.07, 6.45) is -1.60. The molecular weight excluding hydrogens is 312 g/mol. The van der Waals surface area contributed by atoms with Crippen LogP contribution in [0.3, 0.4) is 0 Å². The minimum Gasteiger partial charge on any atom is -0.388 e. The third-order valence-corrected chi connectivity index (χ3v) is 4.36. The summed E-state index contributed by atoms with van der Waals surface area (Å²) >= 11 is 5.58. The molecule has 1 aromatic heterocycles. The summed E-state index contributed by atoms with van der Waals surface area (Å²) in [5.74, 6) is -5.05. The molecule has 0 amide bonds. The van der Waals surface area contributed by atoms with E-state index in [-0.39, 0.29) is 16.5 Å². The van der Waals surface area contributed by atoms with E-state index in [1.807, 2.05) is 0 Å². The zero-order chi connectivity index (χ0) is 15.6. The Bertz CT molecular complexity index is 723. The SMILES string of the molecule is CC1(C(O)c2c(F)c(Cl)c(F)c3cn[nH]c23)CC(F)(F)C1. The molecule has 21 heavy (non-hydrogen) atoms. The monoisotopic (exact) mass is 322 g/mol. The molecule has 2 aromatic rings. The molecule has 1 aliphatic rings. The third-order valence-electron chi connectivity index (χ3n) is 4.03.